The molecule has 0 amide bonds. The van der Waals surface area contributed by atoms with Gasteiger partial charge in [-0.2, -0.15) is 0 Å². The summed E-state index contributed by atoms with van der Waals surface area (Å²) in [6.45, 7) is 6.57. The minimum Gasteiger partial charge on any atom is -0.459 e. The highest BCUT2D eigenvalue weighted by Crippen LogP contribution is 2.26. The van der Waals surface area contributed by atoms with Crippen LogP contribution >= 0.6 is 11.8 Å². The van der Waals surface area contributed by atoms with E-state index in [0.717, 1.165) is 31.0 Å². The number of thioether (sulfide) groups is 1. The zero-order chi connectivity index (χ0) is 28.7. The summed E-state index contributed by atoms with van der Waals surface area (Å²) in [5.74, 6) is 0.638. The Morgan fingerprint density at radius 1 is 0.875 bits per heavy atom. The topological polar surface area (TPSA) is 48.0 Å². The van der Waals surface area contributed by atoms with Gasteiger partial charge in [-0.1, -0.05) is 115 Å². The molecule has 1 aliphatic heterocycles. The quantitative estimate of drug-likeness (QED) is 0.0855. The van der Waals surface area contributed by atoms with Crippen LogP contribution in [0.5, 0.6) is 0 Å². The summed E-state index contributed by atoms with van der Waals surface area (Å²) in [6, 6.07) is 7.69. The fourth-order valence-corrected chi connectivity index (χ4v) is 5.80. The van der Waals surface area contributed by atoms with Crippen molar-refractivity contribution in [1.82, 2.24) is 4.90 Å². The van der Waals surface area contributed by atoms with Gasteiger partial charge in [0.1, 0.15) is 12.7 Å². The molecular weight excluding hydrogens is 518 g/mol. The van der Waals surface area contributed by atoms with E-state index in [-0.39, 0.29) is 18.7 Å². The highest BCUT2D eigenvalue weighted by Gasteiger charge is 2.15. The number of esters is 1. The summed E-state index contributed by atoms with van der Waals surface area (Å²) in [6.07, 6.45) is 23.8. The molecule has 1 aromatic carbocycles. The number of carbonyl (C=O) groups excluding carboxylic acids is 1. The Balaban J connectivity index is 1.42. The molecule has 40 heavy (non-hydrogen) atoms. The molecule has 5 nitrogen and oxygen atoms in total. The molecule has 0 N–H and O–H groups in total. The second kappa shape index (κ2) is 23.1. The lowest BCUT2D eigenvalue weighted by molar-refractivity contribution is -0.0314. The minimum absolute atomic E-state index is 0.198. The van der Waals surface area contributed by atoms with Gasteiger partial charge in [-0.3, -0.25) is 0 Å². The van der Waals surface area contributed by atoms with Crippen LogP contribution in [-0.4, -0.2) is 49.8 Å². The van der Waals surface area contributed by atoms with Crippen LogP contribution in [-0.2, 0) is 20.8 Å². The van der Waals surface area contributed by atoms with E-state index in [1.165, 1.54) is 101 Å². The Labute approximate surface area is 249 Å². The molecule has 0 spiro atoms. The number of unbranched alkanes of at least 4 members (excludes halogenated alkanes) is 15. The first-order valence-electron chi connectivity index (χ1n) is 16.0. The third kappa shape index (κ3) is 16.7. The van der Waals surface area contributed by atoms with Crippen molar-refractivity contribution in [3.8, 4) is 0 Å². The van der Waals surface area contributed by atoms with Crippen LogP contribution in [0.15, 0.2) is 35.4 Å². The lowest BCUT2D eigenvalue weighted by Gasteiger charge is -2.17. The number of hydrogen-bond acceptors (Lipinski definition) is 6. The van der Waals surface area contributed by atoms with Crippen molar-refractivity contribution in [1.29, 1.82) is 0 Å². The van der Waals surface area contributed by atoms with Crippen molar-refractivity contribution >= 4 is 17.7 Å². The zero-order valence-corrected chi connectivity index (χ0v) is 26.6. The SMILES string of the molecule is CCCCCCCCCCCCCCCCCCOCC(COC(=O)c1cccc(CN2C=C(C)SC2)c1)OC. The first kappa shape index (κ1) is 34.7. The van der Waals surface area contributed by atoms with E-state index in [2.05, 4.69) is 24.9 Å². The van der Waals surface area contributed by atoms with E-state index >= 15 is 0 Å². The fraction of sp³-hybridized carbons (Fsp3) is 0.735. The van der Waals surface area contributed by atoms with Gasteiger partial charge in [0.15, 0.2) is 0 Å². The van der Waals surface area contributed by atoms with Crippen LogP contribution in [0.4, 0.5) is 0 Å². The number of benzene rings is 1. The maximum Gasteiger partial charge on any atom is 0.338 e. The van der Waals surface area contributed by atoms with Gasteiger partial charge in [-0.25, -0.2) is 4.79 Å². The molecule has 1 aromatic rings. The maximum atomic E-state index is 12.6. The van der Waals surface area contributed by atoms with Gasteiger partial charge in [-0.15, -0.1) is 11.8 Å². The standard InChI is InChI=1S/C34H57NO4S/c1-4-5-6-7-8-9-10-11-12-13-14-15-16-17-18-19-23-38-27-33(37-3)28-39-34(36)32-22-20-21-31(24-32)26-35-25-30(2)40-29-35/h20-22,24-25,33H,4-19,23,26-29H2,1-3H3. The predicted octanol–water partition coefficient (Wildman–Crippen LogP) is 9.50. The van der Waals surface area contributed by atoms with Gasteiger partial charge in [0.05, 0.1) is 18.0 Å². The van der Waals surface area contributed by atoms with Gasteiger partial charge in [0.25, 0.3) is 0 Å². The van der Waals surface area contributed by atoms with Gasteiger partial charge in [0, 0.05) is 26.5 Å². The molecule has 0 saturated heterocycles. The number of hydrogen-bond donors (Lipinski definition) is 0. The number of ether oxygens (including phenoxy) is 3. The molecule has 6 heteroatoms. The highest BCUT2D eigenvalue weighted by atomic mass is 32.2. The fourth-order valence-electron chi connectivity index (χ4n) is 5.04. The average Bonchev–Trinajstić information content (AvgIpc) is 3.38. The summed E-state index contributed by atoms with van der Waals surface area (Å²) in [7, 11) is 1.64. The first-order chi connectivity index (χ1) is 19.6. The van der Waals surface area contributed by atoms with Gasteiger partial charge < -0.3 is 19.1 Å². The first-order valence-corrected chi connectivity index (χ1v) is 17.0. The van der Waals surface area contributed by atoms with Gasteiger partial charge in [0.2, 0.25) is 0 Å². The van der Waals surface area contributed by atoms with Crippen LogP contribution < -0.4 is 0 Å². The largest absolute Gasteiger partial charge is 0.459 e. The van der Waals surface area contributed by atoms with Crippen LogP contribution in [0.2, 0.25) is 0 Å². The van der Waals surface area contributed by atoms with Crippen LogP contribution in [0.3, 0.4) is 0 Å². The molecular formula is C34H57NO4S. The Morgan fingerprint density at radius 2 is 1.48 bits per heavy atom. The summed E-state index contributed by atoms with van der Waals surface area (Å²) in [5.41, 5.74) is 1.68. The molecule has 0 aromatic heterocycles. The molecule has 1 unspecified atom stereocenters. The summed E-state index contributed by atoms with van der Waals surface area (Å²) >= 11 is 1.84. The summed E-state index contributed by atoms with van der Waals surface area (Å²) < 4.78 is 16.8. The number of allylic oxidation sites excluding steroid dienone is 1. The lowest BCUT2D eigenvalue weighted by atomic mass is 10.0. The molecule has 0 saturated carbocycles. The monoisotopic (exact) mass is 575 g/mol. The van der Waals surface area contributed by atoms with E-state index in [4.69, 9.17) is 14.2 Å². The van der Waals surface area contributed by atoms with Crippen LogP contribution in [0.25, 0.3) is 0 Å². The zero-order valence-electron chi connectivity index (χ0n) is 25.8. The Kier molecular flexibility index (Phi) is 20.0. The molecule has 0 fully saturated rings. The number of methoxy groups -OCH3 is 1. The lowest BCUT2D eigenvalue weighted by Crippen LogP contribution is -2.26. The number of carbonyl (C=O) groups is 1. The second-order valence-electron chi connectivity index (χ2n) is 11.3. The second-order valence-corrected chi connectivity index (χ2v) is 12.5. The van der Waals surface area contributed by atoms with E-state index in [9.17, 15) is 4.79 Å². The minimum atomic E-state index is -0.316. The smallest absolute Gasteiger partial charge is 0.338 e. The Bertz CT molecular complexity index is 815. The molecule has 1 aliphatic rings. The van der Waals surface area contributed by atoms with Gasteiger partial charge in [-0.05, 0) is 35.9 Å². The van der Waals surface area contributed by atoms with E-state index in [0.29, 0.717) is 12.2 Å². The van der Waals surface area contributed by atoms with Crippen molar-refractivity contribution in [2.75, 3.05) is 32.8 Å². The predicted molar refractivity (Wildman–Crippen MR) is 170 cm³/mol. The maximum absolute atomic E-state index is 12.6. The third-order valence-electron chi connectivity index (χ3n) is 7.55. The average molecular weight is 576 g/mol. The van der Waals surface area contributed by atoms with E-state index in [1.807, 2.05) is 30.0 Å². The molecule has 2 rings (SSSR count). The van der Waals surface area contributed by atoms with Crippen LogP contribution in [0.1, 0.15) is 133 Å². The molecule has 228 valence electrons. The van der Waals surface area contributed by atoms with Crippen molar-refractivity contribution < 1.29 is 19.0 Å². The van der Waals surface area contributed by atoms with Crippen molar-refractivity contribution in [2.45, 2.75) is 129 Å². The number of rotatable bonds is 25. The summed E-state index contributed by atoms with van der Waals surface area (Å²) in [5, 5.41) is 0. The summed E-state index contributed by atoms with van der Waals surface area (Å²) in [4.78, 5) is 16.2. The van der Waals surface area contributed by atoms with E-state index in [1.54, 1.807) is 13.2 Å². The molecule has 1 atom stereocenters. The van der Waals surface area contributed by atoms with E-state index < -0.39 is 0 Å². The Morgan fingerprint density at radius 3 is 2.02 bits per heavy atom. The normalized spacial score (nSPS) is 14.0. The van der Waals surface area contributed by atoms with Crippen molar-refractivity contribution in [2.24, 2.45) is 0 Å². The third-order valence-corrected chi connectivity index (χ3v) is 8.57. The Hall–Kier alpha value is -1.50. The molecule has 0 radical (unpaired) electrons. The number of nitrogens with zero attached hydrogens (tertiary/aromatic N) is 1. The highest BCUT2D eigenvalue weighted by molar-refractivity contribution is 8.03. The van der Waals surface area contributed by atoms with Crippen molar-refractivity contribution in [3.05, 3.63) is 46.5 Å². The molecule has 0 bridgehead atoms. The molecule has 0 aliphatic carbocycles. The van der Waals surface area contributed by atoms with Gasteiger partial charge >= 0.3 is 5.97 Å². The van der Waals surface area contributed by atoms with Crippen LogP contribution in [0, 0.1) is 0 Å². The molecule has 1 heterocycles. The van der Waals surface area contributed by atoms with Crippen molar-refractivity contribution in [3.63, 3.8) is 0 Å².